The summed E-state index contributed by atoms with van der Waals surface area (Å²) in [7, 11) is 0. The highest BCUT2D eigenvalue weighted by Crippen LogP contribution is 2.40. The molecule has 3 nitrogen and oxygen atoms in total. The van der Waals surface area contributed by atoms with Crippen LogP contribution in [0, 0.1) is 5.41 Å². The molecule has 0 bridgehead atoms. The van der Waals surface area contributed by atoms with Gasteiger partial charge in [0.15, 0.2) is 0 Å². The summed E-state index contributed by atoms with van der Waals surface area (Å²) in [5, 5.41) is 13.7. The van der Waals surface area contributed by atoms with E-state index in [4.69, 9.17) is 0 Å². The maximum absolute atomic E-state index is 10.5. The van der Waals surface area contributed by atoms with Gasteiger partial charge in [-0.15, -0.1) is 0 Å². The molecule has 0 aliphatic heterocycles. The Morgan fingerprint density at radius 2 is 1.94 bits per heavy atom. The number of hydrogen-bond donors (Lipinski definition) is 2. The lowest BCUT2D eigenvalue weighted by molar-refractivity contribution is -0.0145. The Morgan fingerprint density at radius 1 is 1.28 bits per heavy atom. The van der Waals surface area contributed by atoms with E-state index in [0.29, 0.717) is 12.0 Å². The molecule has 2 N–H and O–H groups in total. The Balaban J connectivity index is 1.88. The molecule has 0 amide bonds. The third-order valence-corrected chi connectivity index (χ3v) is 4.33. The van der Waals surface area contributed by atoms with E-state index in [1.54, 1.807) is 6.20 Å². The van der Waals surface area contributed by atoms with Gasteiger partial charge < -0.3 is 10.4 Å². The Morgan fingerprint density at radius 3 is 2.50 bits per heavy atom. The van der Waals surface area contributed by atoms with Crippen molar-refractivity contribution in [3.8, 4) is 0 Å². The molecule has 4 heteroatoms. The van der Waals surface area contributed by atoms with Crippen LogP contribution in [-0.2, 0) is 0 Å². The number of aromatic nitrogens is 1. The SMILES string of the molecule is CC1(C)CCC(O)(CNc2ccc(Br)cn2)CC1. The van der Waals surface area contributed by atoms with Gasteiger partial charge in [-0.2, -0.15) is 0 Å². The summed E-state index contributed by atoms with van der Waals surface area (Å²) in [5.41, 5.74) is -0.202. The number of pyridine rings is 1. The molecule has 0 unspecified atom stereocenters. The van der Waals surface area contributed by atoms with Gasteiger partial charge in [0.25, 0.3) is 0 Å². The van der Waals surface area contributed by atoms with Crippen LogP contribution in [0.4, 0.5) is 5.82 Å². The number of halogens is 1. The summed E-state index contributed by atoms with van der Waals surface area (Å²) in [5.74, 6) is 0.816. The Labute approximate surface area is 117 Å². The van der Waals surface area contributed by atoms with Crippen LogP contribution >= 0.6 is 15.9 Å². The first kappa shape index (κ1) is 13.8. The summed E-state index contributed by atoms with van der Waals surface area (Å²) < 4.78 is 0.964. The lowest BCUT2D eigenvalue weighted by atomic mass is 9.71. The third-order valence-electron chi connectivity index (χ3n) is 3.86. The van der Waals surface area contributed by atoms with Crippen LogP contribution in [0.3, 0.4) is 0 Å². The summed E-state index contributed by atoms with van der Waals surface area (Å²) in [4.78, 5) is 4.25. The lowest BCUT2D eigenvalue weighted by Crippen LogP contribution is -2.42. The monoisotopic (exact) mass is 312 g/mol. The van der Waals surface area contributed by atoms with Crippen molar-refractivity contribution in [3.05, 3.63) is 22.8 Å². The molecule has 1 fully saturated rings. The van der Waals surface area contributed by atoms with E-state index in [0.717, 1.165) is 36.0 Å². The van der Waals surface area contributed by atoms with Gasteiger partial charge in [-0.3, -0.25) is 0 Å². The number of rotatable bonds is 3. The fourth-order valence-corrected chi connectivity index (χ4v) is 2.54. The Bertz CT molecular complexity index is 393. The van der Waals surface area contributed by atoms with Gasteiger partial charge in [0.1, 0.15) is 5.82 Å². The standard InChI is InChI=1S/C14H21BrN2O/c1-13(2)5-7-14(18,8-6-13)10-17-12-4-3-11(15)9-16-12/h3-4,9,18H,5-8,10H2,1-2H3,(H,16,17). The average Bonchev–Trinajstić information content (AvgIpc) is 2.33. The molecule has 1 aliphatic rings. The van der Waals surface area contributed by atoms with Crippen molar-refractivity contribution in [3.63, 3.8) is 0 Å². The first-order valence-electron chi connectivity index (χ1n) is 6.47. The third kappa shape index (κ3) is 3.69. The molecule has 0 aromatic carbocycles. The molecule has 0 atom stereocenters. The molecule has 2 rings (SSSR count). The highest BCUT2D eigenvalue weighted by atomic mass is 79.9. The van der Waals surface area contributed by atoms with E-state index in [1.807, 2.05) is 12.1 Å². The fourth-order valence-electron chi connectivity index (χ4n) is 2.30. The van der Waals surface area contributed by atoms with Crippen molar-refractivity contribution in [2.24, 2.45) is 5.41 Å². The highest BCUT2D eigenvalue weighted by molar-refractivity contribution is 9.10. The van der Waals surface area contributed by atoms with Gasteiger partial charge in [0.2, 0.25) is 0 Å². The van der Waals surface area contributed by atoms with Crippen LogP contribution in [0.15, 0.2) is 22.8 Å². The minimum atomic E-state index is -0.579. The second-order valence-corrected chi connectivity index (χ2v) is 7.02. The van der Waals surface area contributed by atoms with Crippen molar-refractivity contribution in [2.45, 2.75) is 45.1 Å². The Kier molecular flexibility index (Phi) is 3.97. The molecular formula is C14H21BrN2O. The predicted molar refractivity (Wildman–Crippen MR) is 77.6 cm³/mol. The van der Waals surface area contributed by atoms with Gasteiger partial charge in [-0.25, -0.2) is 4.98 Å². The summed E-state index contributed by atoms with van der Waals surface area (Å²) in [6.07, 6.45) is 5.65. The first-order valence-corrected chi connectivity index (χ1v) is 7.26. The van der Waals surface area contributed by atoms with Gasteiger partial charge in [0.05, 0.1) is 5.60 Å². The van der Waals surface area contributed by atoms with Crippen LogP contribution < -0.4 is 5.32 Å². The average molecular weight is 313 g/mol. The molecular weight excluding hydrogens is 292 g/mol. The van der Waals surface area contributed by atoms with Crippen molar-refractivity contribution in [1.82, 2.24) is 4.98 Å². The van der Waals surface area contributed by atoms with E-state index in [2.05, 4.69) is 40.1 Å². The topological polar surface area (TPSA) is 45.1 Å². The lowest BCUT2D eigenvalue weighted by Gasteiger charge is -2.40. The summed E-state index contributed by atoms with van der Waals surface area (Å²) in [6, 6.07) is 3.86. The molecule has 1 aliphatic carbocycles. The second-order valence-electron chi connectivity index (χ2n) is 6.10. The van der Waals surface area contributed by atoms with Crippen LogP contribution in [0.1, 0.15) is 39.5 Å². The van der Waals surface area contributed by atoms with Crippen molar-refractivity contribution < 1.29 is 5.11 Å². The largest absolute Gasteiger partial charge is 0.388 e. The van der Waals surface area contributed by atoms with Gasteiger partial charge in [-0.1, -0.05) is 13.8 Å². The van der Waals surface area contributed by atoms with Crippen LogP contribution in [-0.4, -0.2) is 22.2 Å². The highest BCUT2D eigenvalue weighted by Gasteiger charge is 2.36. The van der Waals surface area contributed by atoms with E-state index >= 15 is 0 Å². The zero-order chi connectivity index (χ0) is 13.2. The summed E-state index contributed by atoms with van der Waals surface area (Å²) in [6.45, 7) is 5.13. The molecule has 1 aromatic rings. The Hall–Kier alpha value is -0.610. The van der Waals surface area contributed by atoms with Crippen molar-refractivity contribution in [2.75, 3.05) is 11.9 Å². The van der Waals surface area contributed by atoms with Crippen LogP contribution in [0.2, 0.25) is 0 Å². The maximum Gasteiger partial charge on any atom is 0.126 e. The van der Waals surface area contributed by atoms with Gasteiger partial charge in [0, 0.05) is 17.2 Å². The molecule has 0 radical (unpaired) electrons. The fraction of sp³-hybridized carbons (Fsp3) is 0.643. The van der Waals surface area contributed by atoms with E-state index in [-0.39, 0.29) is 0 Å². The molecule has 0 spiro atoms. The van der Waals surface area contributed by atoms with Crippen molar-refractivity contribution in [1.29, 1.82) is 0 Å². The quantitative estimate of drug-likeness (QED) is 0.896. The number of aliphatic hydroxyl groups is 1. The first-order chi connectivity index (χ1) is 8.39. The van der Waals surface area contributed by atoms with Crippen molar-refractivity contribution >= 4 is 21.7 Å². The maximum atomic E-state index is 10.5. The second kappa shape index (κ2) is 5.17. The smallest absolute Gasteiger partial charge is 0.126 e. The molecule has 18 heavy (non-hydrogen) atoms. The predicted octanol–water partition coefficient (Wildman–Crippen LogP) is 3.59. The zero-order valence-corrected chi connectivity index (χ0v) is 12.6. The molecule has 100 valence electrons. The van der Waals surface area contributed by atoms with Gasteiger partial charge in [-0.05, 0) is 59.2 Å². The van der Waals surface area contributed by atoms with Crippen LogP contribution in [0.5, 0.6) is 0 Å². The van der Waals surface area contributed by atoms with E-state index in [1.165, 1.54) is 0 Å². The number of anilines is 1. The van der Waals surface area contributed by atoms with Crippen LogP contribution in [0.25, 0.3) is 0 Å². The van der Waals surface area contributed by atoms with Gasteiger partial charge >= 0.3 is 0 Å². The summed E-state index contributed by atoms with van der Waals surface area (Å²) >= 11 is 3.36. The minimum Gasteiger partial charge on any atom is -0.388 e. The number of hydrogen-bond acceptors (Lipinski definition) is 3. The normalized spacial score (nSPS) is 21.6. The number of nitrogens with one attached hydrogen (secondary N) is 1. The minimum absolute atomic E-state index is 0.377. The molecule has 0 saturated heterocycles. The molecule has 1 heterocycles. The van der Waals surface area contributed by atoms with E-state index < -0.39 is 5.60 Å². The zero-order valence-electron chi connectivity index (χ0n) is 11.0. The number of nitrogens with zero attached hydrogens (tertiary/aromatic N) is 1. The molecule has 1 saturated carbocycles. The van der Waals surface area contributed by atoms with E-state index in [9.17, 15) is 5.11 Å². The molecule has 1 aromatic heterocycles.